The van der Waals surface area contributed by atoms with Crippen molar-refractivity contribution in [3.05, 3.63) is 18.2 Å². The van der Waals surface area contributed by atoms with Crippen LogP contribution in [0.3, 0.4) is 0 Å². The van der Waals surface area contributed by atoms with Gasteiger partial charge < -0.3 is 10.5 Å². The van der Waals surface area contributed by atoms with Gasteiger partial charge in [-0.1, -0.05) is 6.07 Å². The average Bonchev–Trinajstić information content (AvgIpc) is 2.45. The molecule has 0 spiro atoms. The number of thiol groups is 1. The van der Waals surface area contributed by atoms with Crippen LogP contribution >= 0.6 is 24.0 Å². The van der Waals surface area contributed by atoms with E-state index in [9.17, 15) is 0 Å². The molecule has 2 nitrogen and oxygen atoms in total. The second-order valence-corrected chi connectivity index (χ2v) is 4.69. The lowest BCUT2D eigenvalue weighted by molar-refractivity contribution is 0.339. The SMILES string of the molecule is CCOc1c(S)sc2cccc(N)c12. The molecular formula is C10H11NOS2. The topological polar surface area (TPSA) is 35.2 Å². The van der Waals surface area contributed by atoms with Crippen molar-refractivity contribution in [3.63, 3.8) is 0 Å². The summed E-state index contributed by atoms with van der Waals surface area (Å²) in [5.41, 5.74) is 6.65. The van der Waals surface area contributed by atoms with Crippen molar-refractivity contribution >= 4 is 39.7 Å². The number of rotatable bonds is 2. The van der Waals surface area contributed by atoms with Gasteiger partial charge in [-0.05, 0) is 19.1 Å². The maximum Gasteiger partial charge on any atom is 0.153 e. The number of nitrogens with two attached hydrogens (primary N) is 1. The van der Waals surface area contributed by atoms with Crippen LogP contribution in [0.25, 0.3) is 10.1 Å². The van der Waals surface area contributed by atoms with E-state index in [2.05, 4.69) is 12.6 Å². The molecule has 4 heteroatoms. The lowest BCUT2D eigenvalue weighted by atomic mass is 10.2. The molecule has 0 unspecified atom stereocenters. The maximum absolute atomic E-state index is 5.89. The van der Waals surface area contributed by atoms with Gasteiger partial charge in [0.25, 0.3) is 0 Å². The van der Waals surface area contributed by atoms with E-state index in [0.717, 1.165) is 25.7 Å². The number of benzene rings is 1. The fourth-order valence-electron chi connectivity index (χ4n) is 1.41. The maximum atomic E-state index is 5.89. The molecule has 0 saturated carbocycles. The summed E-state index contributed by atoms with van der Waals surface area (Å²) in [6.07, 6.45) is 0. The Morgan fingerprint density at radius 2 is 2.29 bits per heavy atom. The highest BCUT2D eigenvalue weighted by Crippen LogP contribution is 2.42. The van der Waals surface area contributed by atoms with E-state index in [1.54, 1.807) is 11.3 Å². The van der Waals surface area contributed by atoms with Crippen molar-refractivity contribution in [2.24, 2.45) is 0 Å². The number of anilines is 1. The van der Waals surface area contributed by atoms with Gasteiger partial charge in [0.05, 0.1) is 12.0 Å². The second kappa shape index (κ2) is 3.71. The van der Waals surface area contributed by atoms with E-state index in [4.69, 9.17) is 10.5 Å². The van der Waals surface area contributed by atoms with Crippen LogP contribution in [0.2, 0.25) is 0 Å². The molecule has 0 fully saturated rings. The standard InChI is InChI=1S/C10H11NOS2/c1-2-12-9-8-6(11)4-3-5-7(8)14-10(9)13/h3-5,13H,2,11H2,1H3. The molecule has 0 aliphatic carbocycles. The predicted molar refractivity (Wildman–Crippen MR) is 64.7 cm³/mol. The Morgan fingerprint density at radius 1 is 1.50 bits per heavy atom. The Labute approximate surface area is 92.1 Å². The van der Waals surface area contributed by atoms with Crippen LogP contribution in [0.1, 0.15) is 6.92 Å². The van der Waals surface area contributed by atoms with E-state index in [-0.39, 0.29) is 0 Å². The van der Waals surface area contributed by atoms with E-state index in [0.29, 0.717) is 6.61 Å². The Kier molecular flexibility index (Phi) is 2.56. The molecule has 1 heterocycles. The minimum atomic E-state index is 0.633. The second-order valence-electron chi connectivity index (χ2n) is 2.89. The first kappa shape index (κ1) is 9.68. The molecule has 0 aliphatic heterocycles. The van der Waals surface area contributed by atoms with E-state index >= 15 is 0 Å². The van der Waals surface area contributed by atoms with Crippen molar-refractivity contribution in [2.45, 2.75) is 11.1 Å². The molecule has 14 heavy (non-hydrogen) atoms. The Morgan fingerprint density at radius 3 is 3.00 bits per heavy atom. The van der Waals surface area contributed by atoms with Crippen LogP contribution in [-0.4, -0.2) is 6.61 Å². The van der Waals surface area contributed by atoms with Gasteiger partial charge >= 0.3 is 0 Å². The monoisotopic (exact) mass is 225 g/mol. The van der Waals surface area contributed by atoms with Crippen molar-refractivity contribution < 1.29 is 4.74 Å². The zero-order chi connectivity index (χ0) is 10.1. The summed E-state index contributed by atoms with van der Waals surface area (Å²) in [5.74, 6) is 0.814. The van der Waals surface area contributed by atoms with Gasteiger partial charge in [-0.15, -0.1) is 24.0 Å². The molecule has 0 saturated heterocycles. The van der Waals surface area contributed by atoms with Crippen molar-refractivity contribution in [2.75, 3.05) is 12.3 Å². The van der Waals surface area contributed by atoms with Gasteiger partial charge in [0, 0.05) is 10.4 Å². The highest BCUT2D eigenvalue weighted by Gasteiger charge is 2.12. The number of ether oxygens (including phenoxy) is 1. The lowest BCUT2D eigenvalue weighted by Gasteiger charge is -2.03. The van der Waals surface area contributed by atoms with Gasteiger partial charge in [0.15, 0.2) is 5.75 Å². The van der Waals surface area contributed by atoms with Crippen LogP contribution in [0, 0.1) is 0 Å². The summed E-state index contributed by atoms with van der Waals surface area (Å²) < 4.78 is 7.54. The van der Waals surface area contributed by atoms with Gasteiger partial charge in [0.1, 0.15) is 4.21 Å². The first-order valence-corrected chi connectivity index (χ1v) is 5.63. The largest absolute Gasteiger partial charge is 0.491 e. The zero-order valence-corrected chi connectivity index (χ0v) is 9.49. The minimum Gasteiger partial charge on any atom is -0.491 e. The van der Waals surface area contributed by atoms with Crippen LogP contribution in [0.5, 0.6) is 5.75 Å². The highest BCUT2D eigenvalue weighted by molar-refractivity contribution is 7.83. The zero-order valence-electron chi connectivity index (χ0n) is 7.78. The third kappa shape index (κ3) is 1.44. The van der Waals surface area contributed by atoms with E-state index in [1.165, 1.54) is 0 Å². The third-order valence-corrected chi connectivity index (χ3v) is 3.39. The molecule has 0 amide bonds. The summed E-state index contributed by atoms with van der Waals surface area (Å²) in [6, 6.07) is 5.85. The number of thiophene rings is 1. The van der Waals surface area contributed by atoms with Crippen molar-refractivity contribution in [1.29, 1.82) is 0 Å². The minimum absolute atomic E-state index is 0.633. The number of fused-ring (bicyclic) bond motifs is 1. The molecule has 74 valence electrons. The molecular weight excluding hydrogens is 214 g/mol. The summed E-state index contributed by atoms with van der Waals surface area (Å²) in [5, 5.41) is 0.990. The summed E-state index contributed by atoms with van der Waals surface area (Å²) >= 11 is 5.97. The lowest BCUT2D eigenvalue weighted by Crippen LogP contribution is -1.92. The molecule has 0 radical (unpaired) electrons. The summed E-state index contributed by atoms with van der Waals surface area (Å²) in [4.78, 5) is 0. The van der Waals surface area contributed by atoms with Crippen molar-refractivity contribution in [3.8, 4) is 5.75 Å². The Bertz CT molecular complexity index is 464. The van der Waals surface area contributed by atoms with Crippen LogP contribution in [-0.2, 0) is 0 Å². The van der Waals surface area contributed by atoms with Gasteiger partial charge in [-0.2, -0.15) is 0 Å². The molecule has 0 aliphatic rings. The third-order valence-electron chi connectivity index (χ3n) is 1.98. The summed E-state index contributed by atoms with van der Waals surface area (Å²) in [6.45, 7) is 2.59. The molecule has 0 bridgehead atoms. The smallest absolute Gasteiger partial charge is 0.153 e. The van der Waals surface area contributed by atoms with Gasteiger partial charge in [0.2, 0.25) is 0 Å². The van der Waals surface area contributed by atoms with Crippen LogP contribution in [0.4, 0.5) is 5.69 Å². The Balaban J connectivity index is 2.73. The number of hydrogen-bond donors (Lipinski definition) is 2. The fourth-order valence-corrected chi connectivity index (χ4v) is 2.80. The van der Waals surface area contributed by atoms with Crippen LogP contribution < -0.4 is 10.5 Å². The highest BCUT2D eigenvalue weighted by atomic mass is 32.2. The first-order valence-electron chi connectivity index (χ1n) is 4.36. The van der Waals surface area contributed by atoms with Crippen LogP contribution in [0.15, 0.2) is 22.4 Å². The van der Waals surface area contributed by atoms with E-state index < -0.39 is 0 Å². The van der Waals surface area contributed by atoms with Crippen molar-refractivity contribution in [1.82, 2.24) is 0 Å². The Hall–Kier alpha value is -0.870. The normalized spacial score (nSPS) is 10.7. The average molecular weight is 225 g/mol. The molecule has 1 aromatic heterocycles. The summed E-state index contributed by atoms with van der Waals surface area (Å²) in [7, 11) is 0. The molecule has 1 aromatic carbocycles. The molecule has 2 N–H and O–H groups in total. The molecule has 2 aromatic rings. The van der Waals surface area contributed by atoms with Gasteiger partial charge in [-0.25, -0.2) is 0 Å². The quantitative estimate of drug-likeness (QED) is 0.608. The number of hydrogen-bond acceptors (Lipinski definition) is 4. The van der Waals surface area contributed by atoms with E-state index in [1.807, 2.05) is 25.1 Å². The first-order chi connectivity index (χ1) is 6.74. The number of nitrogen functional groups attached to an aromatic ring is 1. The molecule has 2 rings (SSSR count). The molecule has 0 atom stereocenters. The van der Waals surface area contributed by atoms with Gasteiger partial charge in [-0.3, -0.25) is 0 Å². The fraction of sp³-hybridized carbons (Fsp3) is 0.200. The predicted octanol–water partition coefficient (Wildman–Crippen LogP) is 3.17.